The Labute approximate surface area is 135 Å². The second-order valence-corrected chi connectivity index (χ2v) is 8.69. The zero-order valence-electron chi connectivity index (χ0n) is 12.5. The van der Waals surface area contributed by atoms with Crippen LogP contribution in [0.25, 0.3) is 0 Å². The third kappa shape index (κ3) is 4.95. The van der Waals surface area contributed by atoms with Gasteiger partial charge in [0.25, 0.3) is 10.0 Å². The van der Waals surface area contributed by atoms with Crippen LogP contribution in [0.2, 0.25) is 4.34 Å². The zero-order chi connectivity index (χ0) is 16.0. The lowest BCUT2D eigenvalue weighted by molar-refractivity contribution is -0.131. The highest BCUT2D eigenvalue weighted by Crippen LogP contribution is 2.27. The molecule has 0 bridgehead atoms. The third-order valence-corrected chi connectivity index (χ3v) is 6.41. The highest BCUT2D eigenvalue weighted by atomic mass is 35.5. The fourth-order valence-electron chi connectivity index (χ4n) is 1.87. The van der Waals surface area contributed by atoms with Gasteiger partial charge in [-0.05, 0) is 25.0 Å². The monoisotopic (exact) mass is 352 g/mol. The van der Waals surface area contributed by atoms with Crippen LogP contribution in [0.4, 0.5) is 0 Å². The first kappa shape index (κ1) is 18.4. The number of nitrogens with zero attached hydrogens (tertiary/aromatic N) is 2. The van der Waals surface area contributed by atoms with E-state index in [9.17, 15) is 13.2 Å². The van der Waals surface area contributed by atoms with Gasteiger partial charge >= 0.3 is 0 Å². The summed E-state index contributed by atoms with van der Waals surface area (Å²) in [6.07, 6.45) is 1.70. The fourth-order valence-corrected chi connectivity index (χ4v) is 4.68. The molecule has 8 heteroatoms. The highest BCUT2D eigenvalue weighted by Gasteiger charge is 2.26. The summed E-state index contributed by atoms with van der Waals surface area (Å²) < 4.78 is 26.3. The minimum absolute atomic E-state index is 0.153. The van der Waals surface area contributed by atoms with Crippen LogP contribution >= 0.6 is 22.9 Å². The number of carbonyl (C=O) groups excluding carboxylic acids is 1. The molecule has 0 aliphatic carbocycles. The van der Waals surface area contributed by atoms with Crippen LogP contribution in [-0.2, 0) is 14.8 Å². The summed E-state index contributed by atoms with van der Waals surface area (Å²) in [6.45, 7) is 5.11. The Hall–Kier alpha value is -0.630. The van der Waals surface area contributed by atoms with Crippen molar-refractivity contribution < 1.29 is 13.2 Å². The molecule has 0 aromatic carbocycles. The van der Waals surface area contributed by atoms with E-state index < -0.39 is 10.0 Å². The molecule has 120 valence electrons. The average Bonchev–Trinajstić information content (AvgIpc) is 2.85. The number of likely N-dealkylation sites (N-methyl/N-ethyl adjacent to an activating group) is 1. The number of rotatable bonds is 8. The second kappa shape index (κ2) is 8.12. The van der Waals surface area contributed by atoms with E-state index in [4.69, 9.17) is 11.6 Å². The van der Waals surface area contributed by atoms with Crippen LogP contribution in [0, 0.1) is 0 Å². The molecule has 0 saturated heterocycles. The quantitative estimate of drug-likeness (QED) is 0.722. The number of hydrogen-bond donors (Lipinski definition) is 0. The number of halogens is 1. The molecule has 0 aliphatic rings. The largest absolute Gasteiger partial charge is 0.342 e. The van der Waals surface area contributed by atoms with E-state index in [0.717, 1.165) is 28.5 Å². The molecule has 0 radical (unpaired) electrons. The van der Waals surface area contributed by atoms with Gasteiger partial charge in [-0.15, -0.1) is 11.3 Å². The molecule has 0 atom stereocenters. The smallest absolute Gasteiger partial charge is 0.252 e. The molecule has 0 aliphatic heterocycles. The lowest BCUT2D eigenvalue weighted by Crippen LogP contribution is -2.41. The van der Waals surface area contributed by atoms with Crippen LogP contribution in [-0.4, -0.2) is 50.2 Å². The van der Waals surface area contributed by atoms with Crippen molar-refractivity contribution in [3.05, 3.63) is 16.5 Å². The predicted molar refractivity (Wildman–Crippen MR) is 86.3 cm³/mol. The fraction of sp³-hybridized carbons (Fsp3) is 0.615. The number of carbonyl (C=O) groups is 1. The van der Waals surface area contributed by atoms with Crippen LogP contribution in [0.1, 0.15) is 26.7 Å². The maximum absolute atomic E-state index is 12.3. The van der Waals surface area contributed by atoms with Gasteiger partial charge in [-0.1, -0.05) is 25.4 Å². The predicted octanol–water partition coefficient (Wildman–Crippen LogP) is 2.67. The normalized spacial score (nSPS) is 11.9. The van der Waals surface area contributed by atoms with Crippen molar-refractivity contribution in [2.45, 2.75) is 30.9 Å². The Morgan fingerprint density at radius 2 is 1.81 bits per heavy atom. The SMILES string of the molecule is CCCN(CCC)C(=O)CN(C)S(=O)(=O)c1ccc(Cl)s1. The lowest BCUT2D eigenvalue weighted by Gasteiger charge is -2.24. The van der Waals surface area contributed by atoms with E-state index in [1.165, 1.54) is 19.2 Å². The summed E-state index contributed by atoms with van der Waals surface area (Å²) in [7, 11) is -2.24. The Bertz CT molecular complexity index is 566. The second-order valence-electron chi connectivity index (χ2n) is 4.70. The molecule has 0 saturated carbocycles. The van der Waals surface area contributed by atoms with Crippen molar-refractivity contribution in [3.63, 3.8) is 0 Å². The van der Waals surface area contributed by atoms with Crippen molar-refractivity contribution in [1.82, 2.24) is 9.21 Å². The summed E-state index contributed by atoms with van der Waals surface area (Å²) >= 11 is 6.76. The molecule has 1 aromatic rings. The first-order valence-electron chi connectivity index (χ1n) is 6.82. The number of hydrogen-bond acceptors (Lipinski definition) is 4. The van der Waals surface area contributed by atoms with Gasteiger partial charge in [-0.25, -0.2) is 8.42 Å². The minimum atomic E-state index is -3.66. The van der Waals surface area contributed by atoms with E-state index in [2.05, 4.69) is 0 Å². The van der Waals surface area contributed by atoms with Gasteiger partial charge in [0.2, 0.25) is 5.91 Å². The minimum Gasteiger partial charge on any atom is -0.342 e. The molecule has 1 rings (SSSR count). The first-order chi connectivity index (χ1) is 9.82. The molecule has 0 N–H and O–H groups in total. The maximum Gasteiger partial charge on any atom is 0.252 e. The van der Waals surface area contributed by atoms with E-state index in [1.54, 1.807) is 4.90 Å². The van der Waals surface area contributed by atoms with Gasteiger partial charge < -0.3 is 4.90 Å². The summed E-state index contributed by atoms with van der Waals surface area (Å²) in [5.74, 6) is -0.174. The summed E-state index contributed by atoms with van der Waals surface area (Å²) in [5, 5.41) is 0. The molecule has 0 unspecified atom stereocenters. The topological polar surface area (TPSA) is 57.7 Å². The van der Waals surface area contributed by atoms with E-state index in [1.807, 2.05) is 13.8 Å². The molecule has 1 amide bonds. The van der Waals surface area contributed by atoms with Crippen LogP contribution in [0.5, 0.6) is 0 Å². The first-order valence-corrected chi connectivity index (χ1v) is 9.45. The van der Waals surface area contributed by atoms with E-state index >= 15 is 0 Å². The summed E-state index contributed by atoms with van der Waals surface area (Å²) in [4.78, 5) is 13.9. The van der Waals surface area contributed by atoms with Gasteiger partial charge in [-0.2, -0.15) is 4.31 Å². The van der Waals surface area contributed by atoms with Gasteiger partial charge in [0, 0.05) is 20.1 Å². The Morgan fingerprint density at radius 3 is 2.24 bits per heavy atom. The summed E-state index contributed by atoms with van der Waals surface area (Å²) in [5.41, 5.74) is 0. The molecule has 0 fully saturated rings. The standard InChI is InChI=1S/C13H21ClN2O3S2/c1-4-8-16(9-5-2)12(17)10-15(3)21(18,19)13-7-6-11(14)20-13/h6-7H,4-5,8-10H2,1-3H3. The number of sulfonamides is 1. The Morgan fingerprint density at radius 1 is 1.24 bits per heavy atom. The van der Waals surface area contributed by atoms with E-state index in [0.29, 0.717) is 17.4 Å². The van der Waals surface area contributed by atoms with Crippen LogP contribution in [0.3, 0.4) is 0 Å². The lowest BCUT2D eigenvalue weighted by atomic mass is 10.3. The molecule has 21 heavy (non-hydrogen) atoms. The van der Waals surface area contributed by atoms with Crippen LogP contribution in [0.15, 0.2) is 16.3 Å². The Kier molecular flexibility index (Phi) is 7.12. The number of thiophene rings is 1. The van der Waals surface area contributed by atoms with Gasteiger partial charge in [-0.3, -0.25) is 4.79 Å². The van der Waals surface area contributed by atoms with Gasteiger partial charge in [0.1, 0.15) is 4.21 Å². The molecular weight excluding hydrogens is 332 g/mol. The molecule has 5 nitrogen and oxygen atoms in total. The van der Waals surface area contributed by atoms with Gasteiger partial charge in [0.05, 0.1) is 10.9 Å². The van der Waals surface area contributed by atoms with Crippen molar-refractivity contribution in [2.75, 3.05) is 26.7 Å². The molecule has 1 aromatic heterocycles. The van der Waals surface area contributed by atoms with Crippen molar-refractivity contribution in [1.29, 1.82) is 0 Å². The molecule has 0 spiro atoms. The summed E-state index contributed by atoms with van der Waals surface area (Å²) in [6, 6.07) is 2.99. The van der Waals surface area contributed by atoms with Crippen LogP contribution < -0.4 is 0 Å². The Balaban J connectivity index is 2.79. The molecule has 1 heterocycles. The van der Waals surface area contributed by atoms with E-state index in [-0.39, 0.29) is 16.7 Å². The van der Waals surface area contributed by atoms with Crippen molar-refractivity contribution in [3.8, 4) is 0 Å². The average molecular weight is 353 g/mol. The molecular formula is C13H21ClN2O3S2. The highest BCUT2D eigenvalue weighted by molar-refractivity contribution is 7.91. The maximum atomic E-state index is 12.3. The third-order valence-electron chi connectivity index (χ3n) is 2.91. The van der Waals surface area contributed by atoms with Gasteiger partial charge in [0.15, 0.2) is 0 Å². The van der Waals surface area contributed by atoms with Crippen molar-refractivity contribution >= 4 is 38.9 Å². The number of amides is 1. The van der Waals surface area contributed by atoms with Crippen molar-refractivity contribution in [2.24, 2.45) is 0 Å². The zero-order valence-corrected chi connectivity index (χ0v) is 14.9.